The van der Waals surface area contributed by atoms with Gasteiger partial charge in [-0.3, -0.25) is 5.73 Å². The molecule has 3 nitrogen and oxygen atoms in total. The van der Waals surface area contributed by atoms with Gasteiger partial charge in [-0.15, -0.1) is 6.58 Å². The molecule has 0 radical (unpaired) electrons. The molecule has 42 valence electrons. The van der Waals surface area contributed by atoms with E-state index < -0.39 is 6.41 Å². The van der Waals surface area contributed by atoms with Gasteiger partial charge >= 0.3 is 0 Å². The van der Waals surface area contributed by atoms with E-state index in [4.69, 9.17) is 10.8 Å². The maximum absolute atomic E-state index is 8.19. The first-order valence-corrected chi connectivity index (χ1v) is 1.93. The number of rotatable bonds is 3. The lowest BCUT2D eigenvalue weighted by molar-refractivity contribution is -0.0830. The smallest absolute Gasteiger partial charge is 0.211 e. The first-order chi connectivity index (χ1) is 3.27. The maximum atomic E-state index is 8.19. The predicted molar refractivity (Wildman–Crippen MR) is 26.3 cm³/mol. The molecule has 0 spiro atoms. The zero-order valence-electron chi connectivity index (χ0n) is 4.00. The summed E-state index contributed by atoms with van der Waals surface area (Å²) in [6, 6.07) is 0. The van der Waals surface area contributed by atoms with Crippen molar-refractivity contribution in [3.05, 3.63) is 12.7 Å². The number of nitrogens with two attached hydrogens (primary N) is 1. The molecule has 3 N–H and O–H groups in total. The molecule has 7 heavy (non-hydrogen) atoms. The van der Waals surface area contributed by atoms with Gasteiger partial charge in [-0.2, -0.15) is 0 Å². The van der Waals surface area contributed by atoms with Crippen LogP contribution in [0.1, 0.15) is 0 Å². The van der Waals surface area contributed by atoms with Crippen molar-refractivity contribution >= 4 is 0 Å². The lowest BCUT2D eigenvalue weighted by Crippen LogP contribution is -2.22. The third-order valence-electron chi connectivity index (χ3n) is 0.385. The summed E-state index contributed by atoms with van der Waals surface area (Å²) in [7, 11) is 0. The van der Waals surface area contributed by atoms with Crippen molar-refractivity contribution in [3.8, 4) is 0 Å². The van der Waals surface area contributed by atoms with Crippen LogP contribution in [-0.2, 0) is 4.74 Å². The predicted octanol–water partition coefficient (Wildman–Crippen LogP) is -0.576. The molecule has 0 aromatic rings. The molecule has 0 saturated carbocycles. The second-order valence-electron chi connectivity index (χ2n) is 1.01. The standard InChI is InChI=1S/C4H9NO2/c1-2-3-7-4(5)6/h2,4,6H,1,3,5H2. The van der Waals surface area contributed by atoms with Crippen molar-refractivity contribution in [1.82, 2.24) is 0 Å². The van der Waals surface area contributed by atoms with Gasteiger partial charge in [0.25, 0.3) is 0 Å². The molecule has 0 aliphatic carbocycles. The van der Waals surface area contributed by atoms with Gasteiger partial charge in [-0.05, 0) is 0 Å². The fourth-order valence-corrected chi connectivity index (χ4v) is 0.167. The summed E-state index contributed by atoms with van der Waals surface area (Å²) in [6.07, 6.45) is 0.341. The van der Waals surface area contributed by atoms with Crippen LogP contribution in [0.2, 0.25) is 0 Å². The van der Waals surface area contributed by atoms with E-state index in [1.807, 2.05) is 0 Å². The molecule has 0 aliphatic heterocycles. The van der Waals surface area contributed by atoms with E-state index >= 15 is 0 Å². The third-order valence-corrected chi connectivity index (χ3v) is 0.385. The molecule has 1 unspecified atom stereocenters. The molecule has 1 atom stereocenters. The molecular weight excluding hydrogens is 94.0 g/mol. The lowest BCUT2D eigenvalue weighted by Gasteiger charge is -2.00. The van der Waals surface area contributed by atoms with Crippen molar-refractivity contribution in [2.24, 2.45) is 5.73 Å². The minimum atomic E-state index is -1.17. The van der Waals surface area contributed by atoms with Crippen LogP contribution in [0.25, 0.3) is 0 Å². The average Bonchev–Trinajstić information content (AvgIpc) is 1.61. The Kier molecular flexibility index (Phi) is 3.59. The third kappa shape index (κ3) is 5.62. The summed E-state index contributed by atoms with van der Waals surface area (Å²) in [6.45, 7) is 3.63. The van der Waals surface area contributed by atoms with Crippen LogP contribution in [0, 0.1) is 0 Å². The summed E-state index contributed by atoms with van der Waals surface area (Å²) >= 11 is 0. The van der Waals surface area contributed by atoms with Crippen LogP contribution in [0.5, 0.6) is 0 Å². The lowest BCUT2D eigenvalue weighted by atomic mass is 10.7. The van der Waals surface area contributed by atoms with Crippen molar-refractivity contribution in [2.75, 3.05) is 6.61 Å². The normalized spacial score (nSPS) is 13.4. The van der Waals surface area contributed by atoms with Crippen LogP contribution >= 0.6 is 0 Å². The number of ether oxygens (including phenoxy) is 1. The summed E-state index contributed by atoms with van der Waals surface area (Å²) in [4.78, 5) is 0. The summed E-state index contributed by atoms with van der Waals surface area (Å²) in [5.74, 6) is 0. The van der Waals surface area contributed by atoms with E-state index in [9.17, 15) is 0 Å². The van der Waals surface area contributed by atoms with E-state index in [-0.39, 0.29) is 6.61 Å². The molecule has 0 amide bonds. The van der Waals surface area contributed by atoms with Crippen LogP contribution < -0.4 is 5.73 Å². The minimum Gasteiger partial charge on any atom is -0.356 e. The van der Waals surface area contributed by atoms with Gasteiger partial charge in [-0.25, -0.2) is 0 Å². The van der Waals surface area contributed by atoms with Crippen molar-refractivity contribution in [3.63, 3.8) is 0 Å². The van der Waals surface area contributed by atoms with Crippen LogP contribution in [0.3, 0.4) is 0 Å². The molecule has 0 fully saturated rings. The Morgan fingerprint density at radius 1 is 2.00 bits per heavy atom. The largest absolute Gasteiger partial charge is 0.356 e. The number of hydrogen-bond acceptors (Lipinski definition) is 3. The van der Waals surface area contributed by atoms with Gasteiger partial charge in [-0.1, -0.05) is 6.08 Å². The van der Waals surface area contributed by atoms with Gasteiger partial charge in [0.2, 0.25) is 6.41 Å². The molecular formula is C4H9NO2. The SMILES string of the molecule is C=CCOC(N)O. The van der Waals surface area contributed by atoms with Crippen molar-refractivity contribution in [1.29, 1.82) is 0 Å². The first-order valence-electron chi connectivity index (χ1n) is 1.93. The topological polar surface area (TPSA) is 55.5 Å². The molecule has 0 aliphatic rings. The fourth-order valence-electron chi connectivity index (χ4n) is 0.167. The number of aliphatic hydroxyl groups is 1. The molecule has 0 rings (SSSR count). The van der Waals surface area contributed by atoms with Crippen molar-refractivity contribution < 1.29 is 9.84 Å². The van der Waals surface area contributed by atoms with Crippen LogP contribution in [0.4, 0.5) is 0 Å². The Labute approximate surface area is 42.4 Å². The zero-order valence-corrected chi connectivity index (χ0v) is 4.00. The summed E-state index contributed by atoms with van der Waals surface area (Å²) in [5.41, 5.74) is 4.76. The highest BCUT2D eigenvalue weighted by Crippen LogP contribution is 1.74. The molecule has 0 bridgehead atoms. The first kappa shape index (κ1) is 6.62. The quantitative estimate of drug-likeness (QED) is 0.371. The van der Waals surface area contributed by atoms with Gasteiger partial charge < -0.3 is 9.84 Å². The minimum absolute atomic E-state index is 0.289. The zero-order chi connectivity index (χ0) is 5.70. The molecule has 0 aromatic carbocycles. The van der Waals surface area contributed by atoms with Gasteiger partial charge in [0, 0.05) is 0 Å². The van der Waals surface area contributed by atoms with E-state index in [1.54, 1.807) is 0 Å². The highest BCUT2D eigenvalue weighted by molar-refractivity contribution is 4.63. The van der Waals surface area contributed by atoms with Crippen LogP contribution in [-0.4, -0.2) is 18.1 Å². The maximum Gasteiger partial charge on any atom is 0.211 e. The Morgan fingerprint density at radius 2 is 2.57 bits per heavy atom. The molecule has 0 heterocycles. The molecule has 0 saturated heterocycles. The monoisotopic (exact) mass is 103 g/mol. The Bertz CT molecular complexity index is 53.7. The van der Waals surface area contributed by atoms with Gasteiger partial charge in [0.15, 0.2) is 0 Å². The summed E-state index contributed by atoms with van der Waals surface area (Å²) < 4.78 is 4.41. The second kappa shape index (κ2) is 3.80. The van der Waals surface area contributed by atoms with Gasteiger partial charge in [0.1, 0.15) is 0 Å². The Hall–Kier alpha value is -0.380. The number of aliphatic hydroxyl groups excluding tert-OH is 1. The Morgan fingerprint density at radius 3 is 2.71 bits per heavy atom. The molecule has 0 aromatic heterocycles. The highest BCUT2D eigenvalue weighted by Gasteiger charge is 1.86. The van der Waals surface area contributed by atoms with E-state index in [2.05, 4.69) is 11.3 Å². The average molecular weight is 103 g/mol. The van der Waals surface area contributed by atoms with Crippen molar-refractivity contribution in [2.45, 2.75) is 6.41 Å². The van der Waals surface area contributed by atoms with Crippen LogP contribution in [0.15, 0.2) is 12.7 Å². The highest BCUT2D eigenvalue weighted by atomic mass is 16.6. The second-order valence-corrected chi connectivity index (χ2v) is 1.01. The fraction of sp³-hybridized carbons (Fsp3) is 0.500. The van der Waals surface area contributed by atoms with E-state index in [0.29, 0.717) is 0 Å². The number of hydrogen-bond donors (Lipinski definition) is 2. The Balaban J connectivity index is 2.81. The summed E-state index contributed by atoms with van der Waals surface area (Å²) in [5, 5.41) is 8.19. The van der Waals surface area contributed by atoms with Gasteiger partial charge in [0.05, 0.1) is 6.61 Å². The van der Waals surface area contributed by atoms with E-state index in [0.717, 1.165) is 0 Å². The van der Waals surface area contributed by atoms with E-state index in [1.165, 1.54) is 6.08 Å². The molecule has 3 heteroatoms.